The van der Waals surface area contributed by atoms with Gasteiger partial charge in [-0.15, -0.1) is 0 Å². The maximum absolute atomic E-state index is 11.4. The molecule has 0 saturated heterocycles. The summed E-state index contributed by atoms with van der Waals surface area (Å²) in [7, 11) is 0. The first kappa shape index (κ1) is 16.4. The lowest BCUT2D eigenvalue weighted by molar-refractivity contribution is -0.138. The molecule has 0 radical (unpaired) electrons. The van der Waals surface area contributed by atoms with Gasteiger partial charge in [-0.05, 0) is 33.8 Å². The molecule has 102 valence electrons. The number of carboxylic acid groups (broad SMARTS) is 1. The van der Waals surface area contributed by atoms with E-state index in [2.05, 4.69) is 11.9 Å². The minimum atomic E-state index is -1.08. The Kier molecular flexibility index (Phi) is 6.33. The fraction of sp³-hybridized carbons (Fsp3) is 0.538. The topological polar surface area (TPSA) is 75.6 Å². The summed E-state index contributed by atoms with van der Waals surface area (Å²) >= 11 is 0. The van der Waals surface area contributed by atoms with E-state index in [1.807, 2.05) is 20.8 Å². The Labute approximate surface area is 108 Å². The highest BCUT2D eigenvalue weighted by Crippen LogP contribution is 2.03. The van der Waals surface area contributed by atoms with E-state index >= 15 is 0 Å². The van der Waals surface area contributed by atoms with E-state index in [0.717, 1.165) is 0 Å². The molecule has 0 aromatic heterocycles. The van der Waals surface area contributed by atoms with Gasteiger partial charge in [0.2, 0.25) is 0 Å². The van der Waals surface area contributed by atoms with E-state index < -0.39 is 11.9 Å². The lowest BCUT2D eigenvalue weighted by Crippen LogP contribution is -2.38. The van der Waals surface area contributed by atoms with Crippen LogP contribution in [-0.2, 0) is 14.3 Å². The molecule has 18 heavy (non-hydrogen) atoms. The van der Waals surface area contributed by atoms with Crippen LogP contribution in [-0.4, -0.2) is 35.7 Å². The number of nitrogens with one attached hydrogen (secondary N) is 1. The molecule has 0 rings (SSSR count). The van der Waals surface area contributed by atoms with Gasteiger partial charge < -0.3 is 15.2 Å². The molecule has 0 heterocycles. The maximum atomic E-state index is 11.4. The molecule has 0 atom stereocenters. The average Bonchev–Trinajstić information content (AvgIpc) is 2.22. The van der Waals surface area contributed by atoms with Crippen molar-refractivity contribution in [1.29, 1.82) is 0 Å². The summed E-state index contributed by atoms with van der Waals surface area (Å²) in [5, 5.41) is 11.8. The average molecular weight is 255 g/mol. The van der Waals surface area contributed by atoms with Crippen molar-refractivity contribution >= 4 is 11.9 Å². The molecule has 0 fully saturated rings. The van der Waals surface area contributed by atoms with Gasteiger partial charge >= 0.3 is 11.9 Å². The lowest BCUT2D eigenvalue weighted by atomic mass is 10.1. The number of esters is 1. The van der Waals surface area contributed by atoms with Gasteiger partial charge in [0.05, 0.1) is 5.57 Å². The number of ether oxygens (including phenoxy) is 1. The smallest absolute Gasteiger partial charge is 0.337 e. The first-order valence-corrected chi connectivity index (χ1v) is 5.66. The highest BCUT2D eigenvalue weighted by Gasteiger charge is 2.11. The van der Waals surface area contributed by atoms with Gasteiger partial charge in [0, 0.05) is 17.7 Å². The predicted molar refractivity (Wildman–Crippen MR) is 69.2 cm³/mol. The van der Waals surface area contributed by atoms with Crippen LogP contribution in [0.5, 0.6) is 0 Å². The molecule has 0 aliphatic heterocycles. The summed E-state index contributed by atoms with van der Waals surface area (Å²) in [6.45, 7) is 11.6. The van der Waals surface area contributed by atoms with E-state index in [4.69, 9.17) is 9.84 Å². The molecule has 5 heteroatoms. The van der Waals surface area contributed by atoms with Crippen LogP contribution in [0.2, 0.25) is 0 Å². The number of hydrogen-bond acceptors (Lipinski definition) is 4. The second kappa shape index (κ2) is 6.96. The Balaban J connectivity index is 4.08. The minimum Gasteiger partial charge on any atom is -0.478 e. The van der Waals surface area contributed by atoms with Crippen LogP contribution in [0.15, 0.2) is 23.8 Å². The molecule has 0 bridgehead atoms. The molecule has 0 saturated carbocycles. The summed E-state index contributed by atoms with van der Waals surface area (Å²) in [6.07, 6.45) is 1.20. The number of carboxylic acids is 1. The normalized spacial score (nSPS) is 12.1. The highest BCUT2D eigenvalue weighted by atomic mass is 16.5. The predicted octanol–water partition coefficient (Wildman–Crippen LogP) is 1.50. The van der Waals surface area contributed by atoms with E-state index in [9.17, 15) is 9.59 Å². The van der Waals surface area contributed by atoms with Crippen LogP contribution in [0.3, 0.4) is 0 Å². The van der Waals surface area contributed by atoms with Crippen LogP contribution >= 0.6 is 0 Å². The van der Waals surface area contributed by atoms with Gasteiger partial charge in [0.25, 0.3) is 0 Å². The molecule has 0 amide bonds. The van der Waals surface area contributed by atoms with Crippen molar-refractivity contribution in [2.45, 2.75) is 33.2 Å². The van der Waals surface area contributed by atoms with Gasteiger partial charge in [-0.2, -0.15) is 0 Å². The van der Waals surface area contributed by atoms with Crippen molar-refractivity contribution in [2.75, 3.05) is 13.2 Å². The van der Waals surface area contributed by atoms with Crippen molar-refractivity contribution in [2.24, 2.45) is 0 Å². The van der Waals surface area contributed by atoms with Gasteiger partial charge in [0.15, 0.2) is 0 Å². The zero-order valence-electron chi connectivity index (χ0n) is 11.4. The Morgan fingerprint density at radius 3 is 2.39 bits per heavy atom. The van der Waals surface area contributed by atoms with Crippen molar-refractivity contribution in [3.05, 3.63) is 23.8 Å². The van der Waals surface area contributed by atoms with E-state index in [1.165, 1.54) is 13.0 Å². The molecule has 0 aliphatic carbocycles. The monoisotopic (exact) mass is 255 g/mol. The molecular weight excluding hydrogens is 234 g/mol. The third-order valence-corrected chi connectivity index (χ3v) is 1.98. The summed E-state index contributed by atoms with van der Waals surface area (Å²) < 4.78 is 4.94. The number of carbonyl (C=O) groups is 2. The van der Waals surface area contributed by atoms with Crippen LogP contribution in [0.25, 0.3) is 0 Å². The van der Waals surface area contributed by atoms with E-state index in [1.54, 1.807) is 0 Å². The fourth-order valence-electron chi connectivity index (χ4n) is 1.04. The zero-order chi connectivity index (χ0) is 14.3. The molecule has 0 unspecified atom stereocenters. The maximum Gasteiger partial charge on any atom is 0.337 e. The molecule has 0 spiro atoms. The van der Waals surface area contributed by atoms with Gasteiger partial charge in [0.1, 0.15) is 6.61 Å². The van der Waals surface area contributed by atoms with Crippen molar-refractivity contribution < 1.29 is 19.4 Å². The van der Waals surface area contributed by atoms with Gasteiger partial charge in [-0.25, -0.2) is 9.59 Å². The number of rotatable bonds is 6. The third kappa shape index (κ3) is 7.62. The first-order chi connectivity index (χ1) is 8.13. The summed E-state index contributed by atoms with van der Waals surface area (Å²) in [5.74, 6) is -1.69. The highest BCUT2D eigenvalue weighted by molar-refractivity contribution is 5.94. The Morgan fingerprint density at radius 2 is 1.94 bits per heavy atom. The Morgan fingerprint density at radius 1 is 1.39 bits per heavy atom. The van der Waals surface area contributed by atoms with Gasteiger partial charge in [-0.1, -0.05) is 6.58 Å². The standard InChI is InChI=1S/C13H21NO4/c1-9(11(15)16)8-10(2)12(17)18-7-6-14-13(3,4)5/h8,14H,2,6-7H2,1,3-5H3,(H,15,16). The quantitative estimate of drug-likeness (QED) is 0.325. The van der Waals surface area contributed by atoms with Crippen molar-refractivity contribution in [1.82, 2.24) is 5.32 Å². The van der Waals surface area contributed by atoms with E-state index in [0.29, 0.717) is 6.54 Å². The second-order valence-electron chi connectivity index (χ2n) is 4.97. The lowest BCUT2D eigenvalue weighted by Gasteiger charge is -2.20. The number of carbonyl (C=O) groups excluding carboxylic acids is 1. The van der Waals surface area contributed by atoms with Crippen molar-refractivity contribution in [3.63, 3.8) is 0 Å². The SMILES string of the molecule is C=C(C=C(C)C(=O)O)C(=O)OCCNC(C)(C)C. The van der Waals surface area contributed by atoms with Gasteiger partial charge in [-0.3, -0.25) is 0 Å². The van der Waals surface area contributed by atoms with E-state index in [-0.39, 0.29) is 23.3 Å². The minimum absolute atomic E-state index is 0.0330. The fourth-order valence-corrected chi connectivity index (χ4v) is 1.04. The molecular formula is C13H21NO4. The number of hydrogen-bond donors (Lipinski definition) is 2. The second-order valence-corrected chi connectivity index (χ2v) is 4.97. The molecule has 0 aromatic carbocycles. The van der Waals surface area contributed by atoms with Crippen LogP contribution in [0.4, 0.5) is 0 Å². The molecule has 2 N–H and O–H groups in total. The van der Waals surface area contributed by atoms with Crippen LogP contribution in [0.1, 0.15) is 27.7 Å². The third-order valence-electron chi connectivity index (χ3n) is 1.98. The largest absolute Gasteiger partial charge is 0.478 e. The van der Waals surface area contributed by atoms with Crippen LogP contribution < -0.4 is 5.32 Å². The first-order valence-electron chi connectivity index (χ1n) is 5.66. The number of aliphatic carboxylic acids is 1. The molecule has 5 nitrogen and oxygen atoms in total. The summed E-state index contributed by atoms with van der Waals surface area (Å²) in [5.41, 5.74) is 0.0406. The van der Waals surface area contributed by atoms with Crippen molar-refractivity contribution in [3.8, 4) is 0 Å². The summed E-state index contributed by atoms with van der Waals surface area (Å²) in [4.78, 5) is 22.0. The van der Waals surface area contributed by atoms with Crippen LogP contribution in [0, 0.1) is 0 Å². The summed E-state index contributed by atoms with van der Waals surface area (Å²) in [6, 6.07) is 0. The zero-order valence-corrected chi connectivity index (χ0v) is 11.4. The molecule has 0 aliphatic rings. The Hall–Kier alpha value is -1.62. The molecule has 0 aromatic rings. The Bertz CT molecular complexity index is 364.